The summed E-state index contributed by atoms with van der Waals surface area (Å²) in [6.07, 6.45) is -3.63. The molecule has 0 radical (unpaired) electrons. The van der Waals surface area contributed by atoms with Crippen LogP contribution in [0.2, 0.25) is 0 Å². The molecule has 107 heavy (non-hydrogen) atoms. The molecular weight excluding hydrogens is 1410 g/mol. The number of carbonyl (C=O) groups is 11. The van der Waals surface area contributed by atoms with Crippen LogP contribution in [0.25, 0.3) is 10.8 Å². The molecule has 0 aromatic heterocycles. The molecule has 28 nitrogen and oxygen atoms in total. The second-order valence-electron chi connectivity index (χ2n) is 26.8. The Morgan fingerprint density at radius 1 is 0.467 bits per heavy atom. The lowest BCUT2D eigenvalue weighted by Crippen LogP contribution is -2.63. The van der Waals surface area contributed by atoms with E-state index in [2.05, 4.69) is 53.2 Å². The average molecular weight is 1510 g/mol. The van der Waals surface area contributed by atoms with Crippen molar-refractivity contribution in [3.05, 3.63) is 191 Å². The number of nitrogens with two attached hydrogens (primary N) is 2. The minimum atomic E-state index is -1.88. The number of benzene rings is 6. The molecule has 0 saturated carbocycles. The van der Waals surface area contributed by atoms with E-state index in [-0.39, 0.29) is 62.6 Å². The van der Waals surface area contributed by atoms with Crippen molar-refractivity contribution in [2.24, 2.45) is 11.5 Å². The molecule has 1 fully saturated rings. The number of nitrogens with zero attached hydrogens (tertiary/aromatic N) is 1. The van der Waals surface area contributed by atoms with Gasteiger partial charge in [0.15, 0.2) is 0 Å². The molecule has 7 rings (SSSR count). The highest BCUT2D eigenvalue weighted by atomic mass is 33.1. The molecule has 13 atom stereocenters. The topological polar surface area (TPSA) is 444 Å². The van der Waals surface area contributed by atoms with Crippen molar-refractivity contribution >= 4 is 97.4 Å². The number of hydrogen-bond acceptors (Lipinski definition) is 19. The predicted octanol–water partition coefficient (Wildman–Crippen LogP) is 0.731. The van der Waals surface area contributed by atoms with E-state index in [4.69, 9.17) is 11.5 Å². The maximum atomic E-state index is 15.6. The number of hydrogen-bond donors (Lipinski definition) is 16. The average Bonchev–Trinajstić information content (AvgIpc) is 0.827. The zero-order chi connectivity index (χ0) is 77.7. The molecule has 0 spiro atoms. The molecule has 0 bridgehead atoms. The van der Waals surface area contributed by atoms with Gasteiger partial charge >= 0.3 is 5.97 Å². The summed E-state index contributed by atoms with van der Waals surface area (Å²) in [5.41, 5.74) is 15.9. The van der Waals surface area contributed by atoms with E-state index in [1.165, 1.54) is 6.92 Å². The molecule has 1 aliphatic rings. The third-order valence-corrected chi connectivity index (χ3v) is 20.3. The van der Waals surface area contributed by atoms with E-state index in [0.29, 0.717) is 47.2 Å². The zero-order valence-electron chi connectivity index (χ0n) is 60.5. The first kappa shape index (κ1) is 84.5. The van der Waals surface area contributed by atoms with Crippen LogP contribution in [0.4, 0.5) is 0 Å². The molecule has 6 aromatic carbocycles. The first-order valence-corrected chi connectivity index (χ1v) is 38.0. The summed E-state index contributed by atoms with van der Waals surface area (Å²) in [7, 11) is 2.97. The van der Waals surface area contributed by atoms with Gasteiger partial charge in [0.1, 0.15) is 60.4 Å². The van der Waals surface area contributed by atoms with Crippen LogP contribution in [0, 0.1) is 0 Å². The number of carbonyl (C=O) groups excluding carboxylic acids is 10. The molecular formula is C77H99N13O15S2. The standard InChI is InChI=1S/C77H99N13O15S2/c1-45(2)80-41-52-30-28-51(29-31-52)38-60-72(99)89-65(46(3)92)74(101)86-62(39-50-23-13-8-14-24-50)76(103)90(5)66(47(4)93)75(102)87-63(42-91)73(100)88-64(77(104)105)44-107-106-43-56(79)67(94)81-57(27-17-18-34-78)68(95)82-58(36-48-19-9-6-10-20-48)69(96)83-59(37-49-21-11-7-12-22-49)70(97)85-61(71(98)84-60)40-53-32-33-54-25-15-16-26-55(54)35-53/h6-16,19-26,28-33,35,45-47,56-66,80,91-93H,17-18,27,34,36-44,78-79H2,1-5H3,(H,81,94)(H,82,95)(H,83,96)(H,84,98)(H,85,97)(H,86,101)(H,87,102)(H,88,100)(H,89,99)(H,104,105)/t46-,47-,56+,57+,58+,59+,60+,61-,62+,63+,64+,65+,66+/m1/s1. The Hall–Kier alpha value is -9.79. The van der Waals surface area contributed by atoms with Gasteiger partial charge in [-0.25, -0.2) is 4.79 Å². The number of carboxylic acid groups (broad SMARTS) is 1. The highest BCUT2D eigenvalue weighted by Gasteiger charge is 2.41. The number of aliphatic carboxylic acids is 1. The fourth-order valence-corrected chi connectivity index (χ4v) is 14.2. The summed E-state index contributed by atoms with van der Waals surface area (Å²) >= 11 is 0. The van der Waals surface area contributed by atoms with Crippen LogP contribution in [0.3, 0.4) is 0 Å². The van der Waals surface area contributed by atoms with E-state index in [1.807, 2.05) is 62.4 Å². The molecule has 30 heteroatoms. The molecule has 10 amide bonds. The number of aliphatic hydroxyl groups excluding tert-OH is 3. The van der Waals surface area contributed by atoms with Gasteiger partial charge in [-0.3, -0.25) is 47.9 Å². The van der Waals surface area contributed by atoms with Crippen LogP contribution in [0.5, 0.6) is 0 Å². The lowest BCUT2D eigenvalue weighted by Gasteiger charge is -2.34. The van der Waals surface area contributed by atoms with Crippen LogP contribution in [0.15, 0.2) is 158 Å². The number of amides is 10. The van der Waals surface area contributed by atoms with Crippen molar-refractivity contribution in [2.45, 2.75) is 170 Å². The maximum absolute atomic E-state index is 15.6. The Kier molecular flexibility index (Phi) is 33.6. The first-order chi connectivity index (χ1) is 51.2. The SMILES string of the molecule is CC(C)NCc1ccc(C[C@@H]2NC(=O)[C@@H](Cc3ccc4ccccc4c3)NC(=O)[C@H](Cc3ccccc3)NC(=O)[C@H](Cc3ccccc3)NC(=O)[C@H](CCCCN)NC(=O)[C@@H](N)CSSC[C@@H](C(=O)O)NC(=O)[C@H](CO)NC(=O)[C@H]([C@@H](C)O)N(C)C(=O)[C@H](Cc3ccccc3)NC(=O)[C@H]([C@@H](C)O)NC2=O)cc1. The number of likely N-dealkylation sites (N-methyl/N-ethyl adjacent to an activating group) is 1. The van der Waals surface area contributed by atoms with Crippen molar-refractivity contribution in [1.82, 2.24) is 58.1 Å². The number of aliphatic hydroxyl groups is 3. The molecule has 1 saturated heterocycles. The monoisotopic (exact) mass is 1510 g/mol. The van der Waals surface area contributed by atoms with Gasteiger partial charge in [-0.2, -0.15) is 0 Å². The second-order valence-corrected chi connectivity index (χ2v) is 29.4. The van der Waals surface area contributed by atoms with E-state index in [0.717, 1.165) is 56.8 Å². The molecule has 574 valence electrons. The number of unbranched alkanes of at least 4 members (excludes halogenated alkanes) is 1. The Morgan fingerprint density at radius 3 is 1.36 bits per heavy atom. The van der Waals surface area contributed by atoms with Crippen LogP contribution in [-0.4, -0.2) is 207 Å². The molecule has 1 aliphatic heterocycles. The van der Waals surface area contributed by atoms with Crippen LogP contribution < -0.4 is 64.6 Å². The minimum Gasteiger partial charge on any atom is -0.480 e. The zero-order valence-corrected chi connectivity index (χ0v) is 62.1. The van der Waals surface area contributed by atoms with E-state index < -0.39 is 150 Å². The molecule has 0 aliphatic carbocycles. The molecule has 18 N–H and O–H groups in total. The van der Waals surface area contributed by atoms with Crippen molar-refractivity contribution in [3.63, 3.8) is 0 Å². The van der Waals surface area contributed by atoms with Gasteiger partial charge in [-0.15, -0.1) is 0 Å². The number of fused-ring (bicyclic) bond motifs is 1. The highest BCUT2D eigenvalue weighted by Crippen LogP contribution is 2.24. The molecule has 6 aromatic rings. The van der Waals surface area contributed by atoms with Gasteiger partial charge in [0.25, 0.3) is 0 Å². The number of nitrogens with one attached hydrogen (secondary N) is 10. The Morgan fingerprint density at radius 2 is 0.879 bits per heavy atom. The van der Waals surface area contributed by atoms with Crippen molar-refractivity contribution in [3.8, 4) is 0 Å². The summed E-state index contributed by atoms with van der Waals surface area (Å²) in [6, 6.07) is 28.3. The van der Waals surface area contributed by atoms with Gasteiger partial charge < -0.3 is 90.0 Å². The fourth-order valence-electron chi connectivity index (χ4n) is 11.9. The second kappa shape index (κ2) is 42.5. The summed E-state index contributed by atoms with van der Waals surface area (Å²) < 4.78 is 0. The minimum absolute atomic E-state index is 0.0309. The Bertz CT molecular complexity index is 3960. The van der Waals surface area contributed by atoms with E-state index in [1.54, 1.807) is 109 Å². The summed E-state index contributed by atoms with van der Waals surface area (Å²) in [5, 5.41) is 72.3. The van der Waals surface area contributed by atoms with Gasteiger partial charge in [0, 0.05) is 63.2 Å². The largest absolute Gasteiger partial charge is 0.480 e. The van der Waals surface area contributed by atoms with E-state index in [9.17, 15) is 54.0 Å². The normalized spacial score (nSPS) is 23.6. The number of rotatable bonds is 21. The van der Waals surface area contributed by atoms with Crippen molar-refractivity contribution < 1.29 is 73.2 Å². The third kappa shape index (κ3) is 26.6. The van der Waals surface area contributed by atoms with Crippen LogP contribution in [-0.2, 0) is 91.4 Å². The molecule has 1 heterocycles. The van der Waals surface area contributed by atoms with E-state index >= 15 is 19.2 Å². The van der Waals surface area contributed by atoms with Crippen molar-refractivity contribution in [1.29, 1.82) is 0 Å². The summed E-state index contributed by atoms with van der Waals surface area (Å²) in [5.74, 6) is -11.8. The Balaban J connectivity index is 1.33. The summed E-state index contributed by atoms with van der Waals surface area (Å²) in [4.78, 5) is 161. The molecule has 0 unspecified atom stereocenters. The summed E-state index contributed by atoms with van der Waals surface area (Å²) in [6.45, 7) is 5.97. The van der Waals surface area contributed by atoms with Gasteiger partial charge in [-0.05, 0) is 83.8 Å². The van der Waals surface area contributed by atoms with Crippen LogP contribution in [0.1, 0.15) is 80.3 Å². The van der Waals surface area contributed by atoms with Gasteiger partial charge in [-0.1, -0.05) is 193 Å². The third-order valence-electron chi connectivity index (χ3n) is 17.9. The lowest BCUT2D eigenvalue weighted by atomic mass is 9.98. The lowest BCUT2D eigenvalue weighted by molar-refractivity contribution is -0.147. The van der Waals surface area contributed by atoms with Gasteiger partial charge in [0.2, 0.25) is 59.1 Å². The fraction of sp³-hybridized carbons (Fsp3) is 0.416. The predicted molar refractivity (Wildman–Crippen MR) is 408 cm³/mol. The van der Waals surface area contributed by atoms with Crippen LogP contribution >= 0.6 is 21.6 Å². The maximum Gasteiger partial charge on any atom is 0.327 e. The first-order valence-electron chi connectivity index (χ1n) is 35.5. The quantitative estimate of drug-likeness (QED) is 0.0349. The number of carboxylic acids is 1. The van der Waals surface area contributed by atoms with Crippen molar-refractivity contribution in [2.75, 3.05) is 31.7 Å². The Labute approximate surface area is 630 Å². The van der Waals surface area contributed by atoms with Gasteiger partial charge in [0.05, 0.1) is 24.9 Å². The smallest absolute Gasteiger partial charge is 0.327 e. The highest BCUT2D eigenvalue weighted by molar-refractivity contribution is 8.76.